The van der Waals surface area contributed by atoms with E-state index in [4.69, 9.17) is 0 Å². The van der Waals surface area contributed by atoms with E-state index < -0.39 is 6.10 Å². The van der Waals surface area contributed by atoms with E-state index in [1.54, 1.807) is 6.92 Å². The molecule has 0 aliphatic carbocycles. The van der Waals surface area contributed by atoms with E-state index in [-0.39, 0.29) is 11.7 Å². The molecule has 1 aromatic rings. The summed E-state index contributed by atoms with van der Waals surface area (Å²) in [7, 11) is 0. The van der Waals surface area contributed by atoms with Gasteiger partial charge in [-0.2, -0.15) is 0 Å². The normalized spacial score (nSPS) is 14.4. The summed E-state index contributed by atoms with van der Waals surface area (Å²) in [5.74, 6) is -0.160. The van der Waals surface area contributed by atoms with Crippen LogP contribution < -0.4 is 0 Å². The second-order valence-corrected chi connectivity index (χ2v) is 4.21. The van der Waals surface area contributed by atoms with Crippen LogP contribution in [0.4, 0.5) is 0 Å². The van der Waals surface area contributed by atoms with Crippen molar-refractivity contribution in [3.63, 3.8) is 0 Å². The zero-order valence-corrected chi connectivity index (χ0v) is 10.0. The lowest BCUT2D eigenvalue weighted by Gasteiger charge is -2.17. The predicted molar refractivity (Wildman–Crippen MR) is 65.1 cm³/mol. The lowest BCUT2D eigenvalue weighted by atomic mass is 9.91. The SMILES string of the molecule is CCCCC(=O)[C@H](C)[C@@H](O)c1ccccc1. The fraction of sp³-hybridized carbons (Fsp3) is 0.500. The molecule has 0 heterocycles. The summed E-state index contributed by atoms with van der Waals surface area (Å²) < 4.78 is 0. The highest BCUT2D eigenvalue weighted by Crippen LogP contribution is 2.23. The minimum Gasteiger partial charge on any atom is -0.388 e. The molecule has 0 bridgehead atoms. The van der Waals surface area contributed by atoms with Crippen molar-refractivity contribution in [2.45, 2.75) is 39.2 Å². The molecule has 2 atom stereocenters. The molecule has 88 valence electrons. The van der Waals surface area contributed by atoms with Crippen LogP contribution in [-0.4, -0.2) is 10.9 Å². The quantitative estimate of drug-likeness (QED) is 0.799. The van der Waals surface area contributed by atoms with Crippen molar-refractivity contribution in [2.75, 3.05) is 0 Å². The number of rotatable bonds is 6. The second kappa shape index (κ2) is 6.44. The molecule has 0 aliphatic rings. The molecule has 0 aliphatic heterocycles. The Balaban J connectivity index is 2.60. The van der Waals surface area contributed by atoms with Gasteiger partial charge in [-0.15, -0.1) is 0 Å². The van der Waals surface area contributed by atoms with Gasteiger partial charge in [0.1, 0.15) is 5.78 Å². The molecular weight excluding hydrogens is 200 g/mol. The number of aliphatic hydroxyl groups excluding tert-OH is 1. The third-order valence-corrected chi connectivity index (χ3v) is 2.90. The molecule has 1 aromatic carbocycles. The van der Waals surface area contributed by atoms with Gasteiger partial charge in [0.2, 0.25) is 0 Å². The Morgan fingerprint density at radius 1 is 1.31 bits per heavy atom. The summed E-state index contributed by atoms with van der Waals surface area (Å²) in [4.78, 5) is 11.8. The second-order valence-electron chi connectivity index (χ2n) is 4.21. The van der Waals surface area contributed by atoms with Gasteiger partial charge in [-0.25, -0.2) is 0 Å². The topological polar surface area (TPSA) is 37.3 Å². The van der Waals surface area contributed by atoms with Crippen molar-refractivity contribution in [1.29, 1.82) is 0 Å². The van der Waals surface area contributed by atoms with Crippen LogP contribution in [0.1, 0.15) is 44.8 Å². The number of Topliss-reactive ketones (excluding diaryl/α,β-unsaturated/α-hetero) is 1. The summed E-state index contributed by atoms with van der Waals surface area (Å²) in [5.41, 5.74) is 0.819. The summed E-state index contributed by atoms with van der Waals surface area (Å²) in [6.45, 7) is 3.86. The van der Waals surface area contributed by atoms with E-state index in [0.717, 1.165) is 18.4 Å². The van der Waals surface area contributed by atoms with Gasteiger partial charge in [-0.3, -0.25) is 4.79 Å². The van der Waals surface area contributed by atoms with Crippen LogP contribution in [0.5, 0.6) is 0 Å². The molecule has 0 unspecified atom stereocenters. The van der Waals surface area contributed by atoms with E-state index in [1.165, 1.54) is 0 Å². The van der Waals surface area contributed by atoms with Crippen molar-refractivity contribution in [1.82, 2.24) is 0 Å². The molecule has 0 radical (unpaired) electrons. The predicted octanol–water partition coefficient (Wildman–Crippen LogP) is 3.12. The molecule has 1 rings (SSSR count). The first-order chi connectivity index (χ1) is 7.66. The van der Waals surface area contributed by atoms with Gasteiger partial charge in [0.25, 0.3) is 0 Å². The number of ketones is 1. The monoisotopic (exact) mass is 220 g/mol. The third-order valence-electron chi connectivity index (χ3n) is 2.90. The van der Waals surface area contributed by atoms with Crippen LogP contribution >= 0.6 is 0 Å². The van der Waals surface area contributed by atoms with Crippen molar-refractivity contribution in [3.8, 4) is 0 Å². The highest BCUT2D eigenvalue weighted by Gasteiger charge is 2.22. The van der Waals surface area contributed by atoms with Crippen LogP contribution in [0, 0.1) is 5.92 Å². The van der Waals surface area contributed by atoms with Gasteiger partial charge in [-0.05, 0) is 12.0 Å². The first-order valence-electron chi connectivity index (χ1n) is 5.92. The maximum absolute atomic E-state index is 11.8. The Morgan fingerprint density at radius 2 is 1.94 bits per heavy atom. The fourth-order valence-electron chi connectivity index (χ4n) is 1.69. The van der Waals surface area contributed by atoms with Crippen molar-refractivity contribution >= 4 is 5.78 Å². The standard InChI is InChI=1S/C14H20O2/c1-3-4-10-13(15)11(2)14(16)12-8-6-5-7-9-12/h5-9,11,14,16H,3-4,10H2,1-2H3/t11-,14+/m0/s1. The Labute approximate surface area is 97.3 Å². The Hall–Kier alpha value is -1.15. The van der Waals surface area contributed by atoms with Gasteiger partial charge in [0.15, 0.2) is 0 Å². The first kappa shape index (κ1) is 12.9. The maximum atomic E-state index is 11.8. The summed E-state index contributed by atoms with van der Waals surface area (Å²) in [5, 5.41) is 10.0. The highest BCUT2D eigenvalue weighted by molar-refractivity contribution is 5.81. The molecule has 0 saturated heterocycles. The van der Waals surface area contributed by atoms with Crippen LogP contribution in [0.3, 0.4) is 0 Å². The maximum Gasteiger partial charge on any atom is 0.138 e. The molecule has 2 nitrogen and oxygen atoms in total. The van der Waals surface area contributed by atoms with Crippen molar-refractivity contribution in [3.05, 3.63) is 35.9 Å². The number of carbonyl (C=O) groups is 1. The minimum absolute atomic E-state index is 0.151. The number of benzene rings is 1. The van der Waals surface area contributed by atoms with Gasteiger partial charge in [0.05, 0.1) is 6.10 Å². The molecule has 16 heavy (non-hydrogen) atoms. The molecular formula is C14H20O2. The van der Waals surface area contributed by atoms with E-state index in [9.17, 15) is 9.90 Å². The van der Waals surface area contributed by atoms with Crippen LogP contribution in [-0.2, 0) is 4.79 Å². The van der Waals surface area contributed by atoms with Gasteiger partial charge in [0, 0.05) is 12.3 Å². The molecule has 0 aromatic heterocycles. The third kappa shape index (κ3) is 3.46. The lowest BCUT2D eigenvalue weighted by Crippen LogP contribution is -2.19. The average Bonchev–Trinajstić information content (AvgIpc) is 2.35. The Kier molecular flexibility index (Phi) is 5.20. The van der Waals surface area contributed by atoms with Crippen LogP contribution in [0.25, 0.3) is 0 Å². The molecule has 0 fully saturated rings. The highest BCUT2D eigenvalue weighted by atomic mass is 16.3. The zero-order chi connectivity index (χ0) is 12.0. The van der Waals surface area contributed by atoms with E-state index in [2.05, 4.69) is 6.92 Å². The minimum atomic E-state index is -0.675. The number of carbonyl (C=O) groups excluding carboxylic acids is 1. The largest absolute Gasteiger partial charge is 0.388 e. The molecule has 0 amide bonds. The van der Waals surface area contributed by atoms with Crippen LogP contribution in [0.2, 0.25) is 0 Å². The number of hydrogen-bond donors (Lipinski definition) is 1. The summed E-state index contributed by atoms with van der Waals surface area (Å²) in [6, 6.07) is 9.37. The Morgan fingerprint density at radius 3 is 2.50 bits per heavy atom. The van der Waals surface area contributed by atoms with Crippen molar-refractivity contribution < 1.29 is 9.90 Å². The smallest absolute Gasteiger partial charge is 0.138 e. The van der Waals surface area contributed by atoms with E-state index >= 15 is 0 Å². The van der Waals surface area contributed by atoms with E-state index in [0.29, 0.717) is 6.42 Å². The lowest BCUT2D eigenvalue weighted by molar-refractivity contribution is -0.125. The zero-order valence-electron chi connectivity index (χ0n) is 10.0. The fourth-order valence-corrected chi connectivity index (χ4v) is 1.69. The van der Waals surface area contributed by atoms with Crippen molar-refractivity contribution in [2.24, 2.45) is 5.92 Å². The summed E-state index contributed by atoms with van der Waals surface area (Å²) in [6.07, 6.45) is 1.82. The number of hydrogen-bond acceptors (Lipinski definition) is 2. The number of aliphatic hydroxyl groups is 1. The van der Waals surface area contributed by atoms with E-state index in [1.807, 2.05) is 30.3 Å². The number of unbranched alkanes of at least 4 members (excludes halogenated alkanes) is 1. The van der Waals surface area contributed by atoms with Gasteiger partial charge < -0.3 is 5.11 Å². The molecule has 2 heteroatoms. The molecule has 0 spiro atoms. The molecule has 1 N–H and O–H groups in total. The molecule has 0 saturated carbocycles. The van der Waals surface area contributed by atoms with Gasteiger partial charge >= 0.3 is 0 Å². The van der Waals surface area contributed by atoms with Crippen LogP contribution in [0.15, 0.2) is 30.3 Å². The first-order valence-corrected chi connectivity index (χ1v) is 5.92. The Bertz CT molecular complexity index is 319. The summed E-state index contributed by atoms with van der Waals surface area (Å²) >= 11 is 0. The van der Waals surface area contributed by atoms with Gasteiger partial charge in [-0.1, -0.05) is 50.6 Å². The average molecular weight is 220 g/mol.